The summed E-state index contributed by atoms with van der Waals surface area (Å²) in [6.07, 6.45) is 1.86. The van der Waals surface area contributed by atoms with Crippen LogP contribution in [-0.2, 0) is 0 Å². The van der Waals surface area contributed by atoms with Gasteiger partial charge in [-0.15, -0.1) is 0 Å². The molecule has 112 valence electrons. The molecule has 0 fully saturated rings. The predicted molar refractivity (Wildman–Crippen MR) is 89.5 cm³/mol. The van der Waals surface area contributed by atoms with Gasteiger partial charge in [-0.1, -0.05) is 23.2 Å². The topological polar surface area (TPSA) is 46.9 Å². The molecule has 0 aliphatic carbocycles. The Kier molecular flexibility index (Phi) is 4.96. The monoisotopic (exact) mass is 389 g/mol. The number of amides is 1. The molecular weight excluding hydrogens is 377 g/mol. The maximum Gasteiger partial charge on any atom is 0.273 e. The average molecular weight is 391 g/mol. The molecule has 21 heavy (non-hydrogen) atoms. The predicted octanol–water partition coefficient (Wildman–Crippen LogP) is 5.09. The van der Waals surface area contributed by atoms with E-state index in [4.69, 9.17) is 23.2 Å². The van der Waals surface area contributed by atoms with E-state index in [0.29, 0.717) is 27.3 Å². The first-order chi connectivity index (χ1) is 9.79. The van der Waals surface area contributed by atoms with Gasteiger partial charge in [0, 0.05) is 16.7 Å². The molecule has 2 aromatic rings. The standard InChI is InChI=1S/C14H14BrCl2N3O/c1-7(2)20-6-9(15)4-12(20)14(21)19-13-11(17)5-10(16)8(3)18-13/h4-7H,1-3H3,(H,18,19,21). The van der Waals surface area contributed by atoms with Crippen LogP contribution in [-0.4, -0.2) is 15.5 Å². The van der Waals surface area contributed by atoms with Gasteiger partial charge in [0.15, 0.2) is 5.82 Å². The number of hydrogen-bond acceptors (Lipinski definition) is 2. The zero-order valence-electron chi connectivity index (χ0n) is 11.7. The normalized spacial score (nSPS) is 11.0. The Bertz CT molecular complexity index is 698. The van der Waals surface area contributed by atoms with Crippen LogP contribution in [0.15, 0.2) is 22.8 Å². The minimum absolute atomic E-state index is 0.160. The van der Waals surface area contributed by atoms with E-state index < -0.39 is 0 Å². The van der Waals surface area contributed by atoms with Gasteiger partial charge >= 0.3 is 0 Å². The van der Waals surface area contributed by atoms with Crippen LogP contribution in [0.2, 0.25) is 10.0 Å². The van der Waals surface area contributed by atoms with Crippen molar-refractivity contribution in [1.29, 1.82) is 0 Å². The molecule has 2 heterocycles. The second-order valence-electron chi connectivity index (χ2n) is 4.88. The van der Waals surface area contributed by atoms with Crippen molar-refractivity contribution < 1.29 is 4.79 Å². The highest BCUT2D eigenvalue weighted by molar-refractivity contribution is 9.10. The third-order valence-corrected chi connectivity index (χ3v) is 4.05. The number of anilines is 1. The number of halogens is 3. The fourth-order valence-corrected chi connectivity index (χ4v) is 2.72. The molecule has 7 heteroatoms. The van der Waals surface area contributed by atoms with Gasteiger partial charge in [-0.25, -0.2) is 4.98 Å². The first-order valence-electron chi connectivity index (χ1n) is 6.31. The lowest BCUT2D eigenvalue weighted by atomic mass is 10.3. The molecule has 4 nitrogen and oxygen atoms in total. The van der Waals surface area contributed by atoms with Crippen molar-refractivity contribution >= 4 is 50.9 Å². The fourth-order valence-electron chi connectivity index (χ4n) is 1.87. The van der Waals surface area contributed by atoms with Gasteiger partial charge in [-0.05, 0) is 48.8 Å². The van der Waals surface area contributed by atoms with E-state index in [1.54, 1.807) is 19.1 Å². The summed E-state index contributed by atoms with van der Waals surface area (Å²) in [7, 11) is 0. The smallest absolute Gasteiger partial charge is 0.273 e. The first kappa shape index (κ1) is 16.3. The van der Waals surface area contributed by atoms with Crippen molar-refractivity contribution in [2.24, 2.45) is 0 Å². The van der Waals surface area contributed by atoms with Crippen molar-refractivity contribution in [3.8, 4) is 0 Å². The number of hydrogen-bond donors (Lipinski definition) is 1. The number of aromatic nitrogens is 2. The third kappa shape index (κ3) is 3.59. The van der Waals surface area contributed by atoms with E-state index in [1.807, 2.05) is 24.6 Å². The third-order valence-electron chi connectivity index (χ3n) is 2.94. The highest BCUT2D eigenvalue weighted by atomic mass is 79.9. The molecule has 0 unspecified atom stereocenters. The number of nitrogens with zero attached hydrogens (tertiary/aromatic N) is 2. The minimum atomic E-state index is -0.273. The van der Waals surface area contributed by atoms with Gasteiger partial charge in [-0.2, -0.15) is 0 Å². The van der Waals surface area contributed by atoms with Crippen LogP contribution in [0.4, 0.5) is 5.82 Å². The number of pyridine rings is 1. The van der Waals surface area contributed by atoms with Gasteiger partial charge < -0.3 is 9.88 Å². The Labute approximate surface area is 141 Å². The van der Waals surface area contributed by atoms with Crippen LogP contribution in [0.3, 0.4) is 0 Å². The molecule has 0 radical (unpaired) electrons. The molecule has 0 spiro atoms. The number of rotatable bonds is 3. The maximum absolute atomic E-state index is 12.4. The lowest BCUT2D eigenvalue weighted by Gasteiger charge is -2.13. The molecule has 0 bridgehead atoms. The summed E-state index contributed by atoms with van der Waals surface area (Å²) < 4.78 is 2.71. The molecule has 2 rings (SSSR count). The van der Waals surface area contributed by atoms with Gasteiger partial charge in [0.25, 0.3) is 5.91 Å². The number of carbonyl (C=O) groups is 1. The lowest BCUT2D eigenvalue weighted by molar-refractivity contribution is 0.101. The van der Waals surface area contributed by atoms with Gasteiger partial charge in [0.1, 0.15) is 5.69 Å². The Morgan fingerprint density at radius 2 is 2.00 bits per heavy atom. The Morgan fingerprint density at radius 1 is 1.33 bits per heavy atom. The van der Waals surface area contributed by atoms with E-state index in [2.05, 4.69) is 26.2 Å². The van der Waals surface area contributed by atoms with E-state index in [0.717, 1.165) is 4.47 Å². The summed E-state index contributed by atoms with van der Waals surface area (Å²) in [4.78, 5) is 16.6. The number of nitrogens with one attached hydrogen (secondary N) is 1. The summed E-state index contributed by atoms with van der Waals surface area (Å²) in [5.74, 6) is 0.0294. The molecule has 2 aromatic heterocycles. The van der Waals surface area contributed by atoms with Gasteiger partial charge in [-0.3, -0.25) is 4.79 Å². The quantitative estimate of drug-likeness (QED) is 0.792. The molecule has 0 aromatic carbocycles. The second kappa shape index (κ2) is 6.38. The van der Waals surface area contributed by atoms with E-state index >= 15 is 0 Å². The Hall–Kier alpha value is -1.04. The van der Waals surface area contributed by atoms with Crippen LogP contribution in [0.25, 0.3) is 0 Å². The Balaban J connectivity index is 2.33. The van der Waals surface area contributed by atoms with Gasteiger partial charge in [0.2, 0.25) is 0 Å². The first-order valence-corrected chi connectivity index (χ1v) is 7.86. The van der Waals surface area contributed by atoms with Crippen LogP contribution in [0.1, 0.15) is 36.1 Å². The second-order valence-corrected chi connectivity index (χ2v) is 6.61. The largest absolute Gasteiger partial charge is 0.340 e. The average Bonchev–Trinajstić information content (AvgIpc) is 2.78. The summed E-state index contributed by atoms with van der Waals surface area (Å²) in [5.41, 5.74) is 1.14. The fraction of sp³-hybridized carbons (Fsp3) is 0.286. The molecule has 0 saturated carbocycles. The zero-order chi connectivity index (χ0) is 15.7. The molecule has 0 aliphatic rings. The van der Waals surface area contributed by atoms with E-state index in [1.165, 1.54) is 0 Å². The molecule has 1 N–H and O–H groups in total. The van der Waals surface area contributed by atoms with Crippen LogP contribution in [0.5, 0.6) is 0 Å². The van der Waals surface area contributed by atoms with E-state index in [-0.39, 0.29) is 11.9 Å². The van der Waals surface area contributed by atoms with Crippen molar-refractivity contribution in [3.63, 3.8) is 0 Å². The van der Waals surface area contributed by atoms with Crippen molar-refractivity contribution in [1.82, 2.24) is 9.55 Å². The molecular formula is C14H14BrCl2N3O. The molecule has 0 saturated heterocycles. The number of carbonyl (C=O) groups excluding carboxylic acids is 1. The van der Waals surface area contributed by atoms with Crippen molar-refractivity contribution in [3.05, 3.63) is 44.2 Å². The summed E-state index contributed by atoms with van der Waals surface area (Å²) in [6, 6.07) is 3.48. The van der Waals surface area contributed by atoms with Crippen LogP contribution < -0.4 is 5.32 Å². The Morgan fingerprint density at radius 3 is 2.62 bits per heavy atom. The lowest BCUT2D eigenvalue weighted by Crippen LogP contribution is -2.18. The molecule has 0 atom stereocenters. The van der Waals surface area contributed by atoms with Crippen molar-refractivity contribution in [2.45, 2.75) is 26.8 Å². The minimum Gasteiger partial charge on any atom is -0.340 e. The maximum atomic E-state index is 12.4. The molecule has 0 aliphatic heterocycles. The SMILES string of the molecule is Cc1nc(NC(=O)c2cc(Br)cn2C(C)C)c(Cl)cc1Cl. The van der Waals surface area contributed by atoms with Gasteiger partial charge in [0.05, 0.1) is 15.7 Å². The number of aryl methyl sites for hydroxylation is 1. The zero-order valence-corrected chi connectivity index (χ0v) is 14.8. The summed E-state index contributed by atoms with van der Waals surface area (Å²) >= 11 is 15.4. The summed E-state index contributed by atoms with van der Waals surface area (Å²) in [6.45, 7) is 5.75. The van der Waals surface area contributed by atoms with Crippen molar-refractivity contribution in [2.75, 3.05) is 5.32 Å². The van der Waals surface area contributed by atoms with Crippen LogP contribution >= 0.6 is 39.1 Å². The van der Waals surface area contributed by atoms with E-state index in [9.17, 15) is 4.79 Å². The van der Waals surface area contributed by atoms with Crippen LogP contribution in [0, 0.1) is 6.92 Å². The highest BCUT2D eigenvalue weighted by Gasteiger charge is 2.17. The summed E-state index contributed by atoms with van der Waals surface area (Å²) in [5, 5.41) is 3.49. The highest BCUT2D eigenvalue weighted by Crippen LogP contribution is 2.27. The molecule has 1 amide bonds.